The molecule has 0 bridgehead atoms. The van der Waals surface area contributed by atoms with E-state index in [2.05, 4.69) is 10.1 Å². The number of rotatable bonds is 5. The Morgan fingerprint density at radius 2 is 1.75 bits per heavy atom. The maximum atomic E-state index is 12.0. The van der Waals surface area contributed by atoms with Crippen molar-refractivity contribution in [2.45, 2.75) is 31.9 Å². The number of hydrogen-bond acceptors (Lipinski definition) is 7. The van der Waals surface area contributed by atoms with Gasteiger partial charge in [-0.25, -0.2) is 9.59 Å². The zero-order valence-corrected chi connectivity index (χ0v) is 13.9. The van der Waals surface area contributed by atoms with Crippen LogP contribution in [0.5, 0.6) is 11.5 Å². The Kier molecular flexibility index (Phi) is 4.96. The fourth-order valence-corrected chi connectivity index (χ4v) is 2.20. The minimum atomic E-state index is -1.03. The Hall–Kier alpha value is -2.77. The molecule has 2 rings (SSSR count). The summed E-state index contributed by atoms with van der Waals surface area (Å²) in [6.07, 6.45) is -1.04. The van der Waals surface area contributed by atoms with Crippen molar-refractivity contribution in [2.75, 3.05) is 14.2 Å². The number of alkyl carbamates (subject to hydrolysis) is 1. The summed E-state index contributed by atoms with van der Waals surface area (Å²) in [5, 5.41) is 2.32. The third-order valence-electron chi connectivity index (χ3n) is 3.56. The van der Waals surface area contributed by atoms with Gasteiger partial charge in [0.2, 0.25) is 0 Å². The number of ether oxygens (including phenoxy) is 4. The van der Waals surface area contributed by atoms with Gasteiger partial charge in [0.25, 0.3) is 0 Å². The van der Waals surface area contributed by atoms with E-state index in [1.165, 1.54) is 14.2 Å². The second-order valence-electron chi connectivity index (χ2n) is 5.70. The molecule has 0 spiro atoms. The van der Waals surface area contributed by atoms with Gasteiger partial charge in [-0.15, -0.1) is 0 Å². The Balaban J connectivity index is 2.11. The van der Waals surface area contributed by atoms with Crippen molar-refractivity contribution in [3.05, 3.63) is 23.8 Å². The molecule has 1 saturated heterocycles. The van der Waals surface area contributed by atoms with Crippen LogP contribution in [-0.2, 0) is 24.7 Å². The number of methoxy groups -OCH3 is 2. The molecule has 1 fully saturated rings. The van der Waals surface area contributed by atoms with Gasteiger partial charge in [0.05, 0.1) is 20.6 Å². The van der Waals surface area contributed by atoms with Crippen molar-refractivity contribution in [2.24, 2.45) is 0 Å². The van der Waals surface area contributed by atoms with Crippen LogP contribution in [0.3, 0.4) is 0 Å². The zero-order valence-electron chi connectivity index (χ0n) is 13.9. The first kappa shape index (κ1) is 17.6. The summed E-state index contributed by atoms with van der Waals surface area (Å²) in [6.45, 7) is 3.36. The topological polar surface area (TPSA) is 100 Å². The summed E-state index contributed by atoms with van der Waals surface area (Å²) >= 11 is 0. The third-order valence-corrected chi connectivity index (χ3v) is 3.56. The van der Waals surface area contributed by atoms with Gasteiger partial charge in [0.15, 0.2) is 0 Å². The number of amides is 1. The van der Waals surface area contributed by atoms with Gasteiger partial charge in [-0.1, -0.05) is 0 Å². The van der Waals surface area contributed by atoms with E-state index >= 15 is 0 Å². The molecule has 24 heavy (non-hydrogen) atoms. The Morgan fingerprint density at radius 3 is 2.21 bits per heavy atom. The van der Waals surface area contributed by atoms with Crippen molar-refractivity contribution in [3.63, 3.8) is 0 Å². The molecular weight excluding hydrogens is 318 g/mol. The molecular formula is C16H19NO7. The molecule has 1 heterocycles. The third kappa shape index (κ3) is 3.95. The molecule has 0 saturated carbocycles. The quantitative estimate of drug-likeness (QED) is 0.642. The van der Waals surface area contributed by atoms with E-state index < -0.39 is 29.7 Å². The second kappa shape index (κ2) is 6.77. The van der Waals surface area contributed by atoms with Crippen molar-refractivity contribution in [1.82, 2.24) is 5.32 Å². The average molecular weight is 337 g/mol. The Labute approximate surface area is 139 Å². The van der Waals surface area contributed by atoms with Crippen LogP contribution >= 0.6 is 0 Å². The smallest absolute Gasteiger partial charge is 0.408 e. The van der Waals surface area contributed by atoms with Crippen LogP contribution in [0.2, 0.25) is 0 Å². The maximum absolute atomic E-state index is 12.0. The fraction of sp³-hybridized carbons (Fsp3) is 0.438. The van der Waals surface area contributed by atoms with E-state index in [1.807, 2.05) is 0 Å². The first-order valence-electron chi connectivity index (χ1n) is 7.22. The van der Waals surface area contributed by atoms with Gasteiger partial charge in [-0.2, -0.15) is 0 Å². The summed E-state index contributed by atoms with van der Waals surface area (Å²) < 4.78 is 20.1. The second-order valence-corrected chi connectivity index (χ2v) is 5.70. The van der Waals surface area contributed by atoms with Gasteiger partial charge in [-0.05, 0) is 26.0 Å². The van der Waals surface area contributed by atoms with E-state index in [0.29, 0.717) is 17.1 Å². The highest BCUT2D eigenvalue weighted by atomic mass is 16.6. The predicted molar refractivity (Wildman–Crippen MR) is 81.7 cm³/mol. The number of cyclic esters (lactones) is 2. The molecule has 0 aromatic heterocycles. The van der Waals surface area contributed by atoms with Crippen LogP contribution in [0, 0.1) is 0 Å². The van der Waals surface area contributed by atoms with Crippen molar-refractivity contribution < 1.29 is 33.3 Å². The molecule has 1 aliphatic rings. The molecule has 1 aliphatic heterocycles. The highest BCUT2D eigenvalue weighted by Crippen LogP contribution is 2.32. The molecule has 1 aromatic rings. The lowest BCUT2D eigenvalue weighted by atomic mass is 9.97. The van der Waals surface area contributed by atoms with Gasteiger partial charge >= 0.3 is 18.0 Å². The molecule has 8 nitrogen and oxygen atoms in total. The summed E-state index contributed by atoms with van der Waals surface area (Å²) in [7, 11) is 3.03. The van der Waals surface area contributed by atoms with Gasteiger partial charge in [-0.3, -0.25) is 4.79 Å². The van der Waals surface area contributed by atoms with Crippen LogP contribution in [0.25, 0.3) is 0 Å². The van der Waals surface area contributed by atoms with E-state index in [9.17, 15) is 14.4 Å². The van der Waals surface area contributed by atoms with E-state index in [1.54, 1.807) is 32.0 Å². The molecule has 1 atom stereocenters. The van der Waals surface area contributed by atoms with Crippen LogP contribution < -0.4 is 14.8 Å². The van der Waals surface area contributed by atoms with Crippen LogP contribution in [0.1, 0.15) is 25.8 Å². The molecule has 1 amide bonds. The van der Waals surface area contributed by atoms with Crippen LogP contribution in [0.4, 0.5) is 4.79 Å². The van der Waals surface area contributed by atoms with Crippen LogP contribution in [-0.4, -0.2) is 38.3 Å². The van der Waals surface area contributed by atoms with Gasteiger partial charge in [0.1, 0.15) is 23.1 Å². The summed E-state index contributed by atoms with van der Waals surface area (Å²) in [5.41, 5.74) is -0.391. The highest BCUT2D eigenvalue weighted by molar-refractivity contribution is 5.98. The number of nitrogens with one attached hydrogen (secondary N) is 1. The average Bonchev–Trinajstić information content (AvgIpc) is 2.83. The first-order valence-corrected chi connectivity index (χ1v) is 7.22. The Bertz CT molecular complexity index is 646. The van der Waals surface area contributed by atoms with Crippen molar-refractivity contribution in [3.8, 4) is 11.5 Å². The lowest BCUT2D eigenvalue weighted by molar-refractivity contribution is -0.152. The lowest BCUT2D eigenvalue weighted by Gasteiger charge is -2.27. The van der Waals surface area contributed by atoms with Crippen LogP contribution in [0.15, 0.2) is 18.2 Å². The highest BCUT2D eigenvalue weighted by Gasteiger charge is 2.36. The summed E-state index contributed by atoms with van der Waals surface area (Å²) in [6, 6.07) is 4.09. The molecule has 8 heteroatoms. The number of benzene rings is 1. The monoisotopic (exact) mass is 337 g/mol. The van der Waals surface area contributed by atoms with Crippen molar-refractivity contribution >= 4 is 18.0 Å². The molecule has 1 aromatic carbocycles. The number of carbonyl (C=O) groups excluding carboxylic acids is 3. The summed E-state index contributed by atoms with van der Waals surface area (Å²) in [4.78, 5) is 34.4. The number of hydrogen-bond donors (Lipinski definition) is 1. The number of carbonyl (C=O) groups is 3. The number of esters is 2. The van der Waals surface area contributed by atoms with Gasteiger partial charge in [0, 0.05) is 11.6 Å². The lowest BCUT2D eigenvalue weighted by Crippen LogP contribution is -2.41. The molecule has 0 aliphatic carbocycles. The first-order chi connectivity index (χ1) is 11.2. The van der Waals surface area contributed by atoms with E-state index in [0.717, 1.165) is 0 Å². The predicted octanol–water partition coefficient (Wildman–Crippen LogP) is 1.51. The van der Waals surface area contributed by atoms with E-state index in [4.69, 9.17) is 14.2 Å². The SMILES string of the molecule is COc1cc(OC)cc(C(C)(C)OC(=O)N[C@H]2CC(=O)OC2=O)c1. The molecule has 0 radical (unpaired) electrons. The van der Waals surface area contributed by atoms with E-state index in [-0.39, 0.29) is 6.42 Å². The Morgan fingerprint density at radius 1 is 1.17 bits per heavy atom. The maximum Gasteiger partial charge on any atom is 0.408 e. The zero-order chi connectivity index (χ0) is 17.9. The molecule has 1 N–H and O–H groups in total. The van der Waals surface area contributed by atoms with Crippen molar-refractivity contribution in [1.29, 1.82) is 0 Å². The minimum Gasteiger partial charge on any atom is -0.497 e. The summed E-state index contributed by atoms with van der Waals surface area (Å²) in [5.74, 6) is -0.377. The minimum absolute atomic E-state index is 0.207. The molecule has 130 valence electrons. The largest absolute Gasteiger partial charge is 0.497 e. The standard InChI is InChI=1S/C16H19NO7/c1-16(2,9-5-10(21-3)7-11(6-9)22-4)24-15(20)17-12-8-13(18)23-14(12)19/h5-7,12H,8H2,1-4H3,(H,17,20)/t12-/m0/s1. The normalized spacial score (nSPS) is 17.2. The molecule has 0 unspecified atom stereocenters. The fourth-order valence-electron chi connectivity index (χ4n) is 2.20. The van der Waals surface area contributed by atoms with Gasteiger partial charge < -0.3 is 24.3 Å².